The number of hydrogen-bond donors (Lipinski definition) is 1. The highest BCUT2D eigenvalue weighted by Crippen LogP contribution is 2.42. The number of rotatable bonds is 6. The van der Waals surface area contributed by atoms with E-state index in [1.165, 1.54) is 45.7 Å². The highest BCUT2D eigenvalue weighted by Gasteiger charge is 2.48. The third-order valence-corrected chi connectivity index (χ3v) is 5.10. The van der Waals surface area contributed by atoms with Crippen LogP contribution in [0.25, 0.3) is 0 Å². The van der Waals surface area contributed by atoms with Crippen LogP contribution in [-0.4, -0.2) is 56.5 Å². The van der Waals surface area contributed by atoms with Gasteiger partial charge in [-0.2, -0.15) is 4.39 Å². The van der Waals surface area contributed by atoms with Gasteiger partial charge >= 0.3 is 5.97 Å². The fourth-order valence-corrected chi connectivity index (χ4v) is 3.72. The molecular weight excluding hydrogens is 414 g/mol. The van der Waals surface area contributed by atoms with Gasteiger partial charge in [-0.25, -0.2) is 14.2 Å². The Kier molecular flexibility index (Phi) is 6.81. The van der Waals surface area contributed by atoms with E-state index in [-0.39, 0.29) is 22.7 Å². The molecule has 3 rings (SSSR count). The normalized spacial score (nSPS) is 22.8. The lowest BCUT2D eigenvalue weighted by atomic mass is 9.87. The Morgan fingerprint density at radius 1 is 1.16 bits per heavy atom. The number of halogens is 2. The topological polar surface area (TPSA) is 96.0 Å². The second-order valence-corrected chi connectivity index (χ2v) is 6.88. The lowest BCUT2D eigenvalue weighted by Gasteiger charge is -2.24. The van der Waals surface area contributed by atoms with Crippen LogP contribution in [0.15, 0.2) is 30.5 Å². The lowest BCUT2D eigenvalue weighted by molar-refractivity contribution is -0.127. The van der Waals surface area contributed by atoms with Gasteiger partial charge in [0.2, 0.25) is 5.82 Å². The standard InChI is InChI=1S/C21H22F2N2O6/c1-10-17(28-2)15(12-5-6-13(22)16(23)18(12)29-3)19(31-10)20(26)25-11-7-8-24-14(9-11)21(27)30-4/h5-10,15,17,19H,1-4H3,(H,24,25,26)/t10-,15+,17+,19+/m0/s1. The van der Waals surface area contributed by atoms with Gasteiger partial charge in [-0.15, -0.1) is 0 Å². The molecule has 1 aliphatic heterocycles. The number of nitrogens with zero attached hydrogens (tertiary/aromatic N) is 1. The molecule has 0 bridgehead atoms. The van der Waals surface area contributed by atoms with Crippen molar-refractivity contribution in [2.45, 2.75) is 31.2 Å². The van der Waals surface area contributed by atoms with Crippen molar-refractivity contribution in [3.63, 3.8) is 0 Å². The molecule has 0 aliphatic carbocycles. The molecule has 166 valence electrons. The van der Waals surface area contributed by atoms with Crippen LogP contribution in [0.4, 0.5) is 14.5 Å². The number of ether oxygens (including phenoxy) is 4. The molecule has 4 atom stereocenters. The number of aromatic nitrogens is 1. The number of hydrogen-bond acceptors (Lipinski definition) is 7. The summed E-state index contributed by atoms with van der Waals surface area (Å²) in [5, 5.41) is 2.66. The first-order valence-corrected chi connectivity index (χ1v) is 9.37. The summed E-state index contributed by atoms with van der Waals surface area (Å²) in [6.07, 6.45) is -0.911. The average Bonchev–Trinajstić information content (AvgIpc) is 3.11. The second-order valence-electron chi connectivity index (χ2n) is 6.88. The molecule has 1 saturated heterocycles. The van der Waals surface area contributed by atoms with Crippen LogP contribution in [0, 0.1) is 11.6 Å². The van der Waals surface area contributed by atoms with Gasteiger partial charge in [0.25, 0.3) is 5.91 Å². The number of carbonyl (C=O) groups is 2. The van der Waals surface area contributed by atoms with E-state index in [2.05, 4.69) is 15.0 Å². The van der Waals surface area contributed by atoms with Gasteiger partial charge in [0.05, 0.1) is 32.3 Å². The summed E-state index contributed by atoms with van der Waals surface area (Å²) in [7, 11) is 3.87. The smallest absolute Gasteiger partial charge is 0.356 e. The predicted octanol–water partition coefficient (Wildman–Crippen LogP) is 2.68. The summed E-state index contributed by atoms with van der Waals surface area (Å²) >= 11 is 0. The highest BCUT2D eigenvalue weighted by molar-refractivity contribution is 5.96. The third kappa shape index (κ3) is 4.35. The van der Waals surface area contributed by atoms with E-state index in [1.807, 2.05) is 0 Å². The van der Waals surface area contributed by atoms with Gasteiger partial charge in [-0.1, -0.05) is 6.07 Å². The Hall–Kier alpha value is -3.11. The summed E-state index contributed by atoms with van der Waals surface area (Å²) in [6, 6.07) is 5.15. The molecule has 2 aromatic rings. The first-order chi connectivity index (χ1) is 14.8. The summed E-state index contributed by atoms with van der Waals surface area (Å²) in [5.41, 5.74) is 0.533. The fourth-order valence-electron chi connectivity index (χ4n) is 3.72. The molecular formula is C21H22F2N2O6. The predicted molar refractivity (Wildman–Crippen MR) is 105 cm³/mol. The number of carbonyl (C=O) groups excluding carboxylic acids is 2. The van der Waals surface area contributed by atoms with Crippen molar-refractivity contribution in [3.8, 4) is 5.75 Å². The van der Waals surface area contributed by atoms with Gasteiger partial charge in [0.1, 0.15) is 11.8 Å². The molecule has 1 aromatic heterocycles. The van der Waals surface area contributed by atoms with Gasteiger partial charge in [0, 0.05) is 24.6 Å². The van der Waals surface area contributed by atoms with Crippen LogP contribution in [0.2, 0.25) is 0 Å². The zero-order valence-electron chi connectivity index (χ0n) is 17.3. The quantitative estimate of drug-likeness (QED) is 0.696. The zero-order valence-corrected chi connectivity index (χ0v) is 17.3. The van der Waals surface area contributed by atoms with E-state index >= 15 is 0 Å². The van der Waals surface area contributed by atoms with Gasteiger partial charge in [-0.05, 0) is 25.1 Å². The maximum absolute atomic E-state index is 14.3. The molecule has 0 saturated carbocycles. The number of anilines is 1. The SMILES string of the molecule is COC(=O)c1cc(NC(=O)[C@@H]2O[C@@H](C)[C@@H](OC)[C@H]2c2ccc(F)c(F)c2OC)ccn1. The van der Waals surface area contributed by atoms with Crippen molar-refractivity contribution in [1.29, 1.82) is 0 Å². The third-order valence-electron chi connectivity index (χ3n) is 5.10. The van der Waals surface area contributed by atoms with Crippen LogP contribution < -0.4 is 10.1 Å². The minimum atomic E-state index is -1.16. The zero-order chi connectivity index (χ0) is 22.7. The molecule has 10 heteroatoms. The van der Waals surface area contributed by atoms with Crippen LogP contribution in [0.3, 0.4) is 0 Å². The maximum atomic E-state index is 14.3. The van der Waals surface area contributed by atoms with Crippen molar-refractivity contribution in [1.82, 2.24) is 4.98 Å². The number of nitrogens with one attached hydrogen (secondary N) is 1. The Balaban J connectivity index is 1.95. The molecule has 1 N–H and O–H groups in total. The van der Waals surface area contributed by atoms with Crippen LogP contribution in [0.5, 0.6) is 5.75 Å². The van der Waals surface area contributed by atoms with E-state index in [0.29, 0.717) is 0 Å². The minimum absolute atomic E-state index is 0.00889. The van der Waals surface area contributed by atoms with Gasteiger partial charge in [0.15, 0.2) is 11.6 Å². The summed E-state index contributed by atoms with van der Waals surface area (Å²) in [4.78, 5) is 28.6. The molecule has 31 heavy (non-hydrogen) atoms. The molecule has 8 nitrogen and oxygen atoms in total. The Labute approximate surface area is 177 Å². The van der Waals surface area contributed by atoms with Crippen molar-refractivity contribution >= 4 is 17.6 Å². The van der Waals surface area contributed by atoms with E-state index in [1.54, 1.807) is 6.92 Å². The van der Waals surface area contributed by atoms with E-state index in [9.17, 15) is 18.4 Å². The number of methoxy groups -OCH3 is 3. The molecule has 0 unspecified atom stereocenters. The highest BCUT2D eigenvalue weighted by atomic mass is 19.2. The monoisotopic (exact) mass is 436 g/mol. The molecule has 2 heterocycles. The first-order valence-electron chi connectivity index (χ1n) is 9.37. The molecule has 1 aromatic carbocycles. The van der Waals surface area contributed by atoms with Gasteiger partial charge in [-0.3, -0.25) is 4.79 Å². The van der Waals surface area contributed by atoms with Gasteiger partial charge < -0.3 is 24.3 Å². The molecule has 1 amide bonds. The largest absolute Gasteiger partial charge is 0.493 e. The summed E-state index contributed by atoms with van der Waals surface area (Å²) in [5.74, 6) is -4.57. The van der Waals surface area contributed by atoms with Crippen molar-refractivity contribution in [2.24, 2.45) is 0 Å². The van der Waals surface area contributed by atoms with Crippen LogP contribution in [0.1, 0.15) is 28.9 Å². The summed E-state index contributed by atoms with van der Waals surface area (Å²) < 4.78 is 49.1. The number of benzene rings is 1. The molecule has 0 spiro atoms. The van der Waals surface area contributed by atoms with Crippen LogP contribution in [-0.2, 0) is 19.0 Å². The average molecular weight is 436 g/mol. The number of amides is 1. The van der Waals surface area contributed by atoms with E-state index in [0.717, 1.165) is 6.07 Å². The Bertz CT molecular complexity index is 986. The van der Waals surface area contributed by atoms with Crippen molar-refractivity contribution < 1.29 is 37.3 Å². The maximum Gasteiger partial charge on any atom is 0.356 e. The summed E-state index contributed by atoms with van der Waals surface area (Å²) in [6.45, 7) is 1.71. The molecule has 0 radical (unpaired) electrons. The second kappa shape index (κ2) is 9.36. The Morgan fingerprint density at radius 3 is 2.55 bits per heavy atom. The number of pyridine rings is 1. The van der Waals surface area contributed by atoms with E-state index in [4.69, 9.17) is 14.2 Å². The van der Waals surface area contributed by atoms with Crippen molar-refractivity contribution in [2.75, 3.05) is 26.6 Å². The minimum Gasteiger partial charge on any atom is -0.493 e. The molecule has 1 aliphatic rings. The molecule has 1 fully saturated rings. The fraction of sp³-hybridized carbons (Fsp3) is 0.381. The first kappa shape index (κ1) is 22.6. The van der Waals surface area contributed by atoms with E-state index < -0.39 is 47.7 Å². The van der Waals surface area contributed by atoms with Crippen molar-refractivity contribution in [3.05, 3.63) is 53.4 Å². The van der Waals surface area contributed by atoms with Crippen LogP contribution >= 0.6 is 0 Å². The lowest BCUT2D eigenvalue weighted by Crippen LogP contribution is -2.34. The Morgan fingerprint density at radius 2 is 1.90 bits per heavy atom. The number of esters is 1.